The minimum Gasteiger partial charge on any atom is -0.398 e. The highest BCUT2D eigenvalue weighted by Crippen LogP contribution is 2.24. The molecule has 0 amide bonds. The van der Waals surface area contributed by atoms with Crippen molar-refractivity contribution in [3.63, 3.8) is 0 Å². The van der Waals surface area contributed by atoms with E-state index in [9.17, 15) is 0 Å². The van der Waals surface area contributed by atoms with Crippen LogP contribution < -0.4 is 17.2 Å². The smallest absolute Gasteiger partial charge is 0.0350 e. The van der Waals surface area contributed by atoms with Crippen LogP contribution in [-0.4, -0.2) is 0 Å². The highest BCUT2D eigenvalue weighted by molar-refractivity contribution is 5.56. The van der Waals surface area contributed by atoms with Crippen LogP contribution in [0.5, 0.6) is 0 Å². The Bertz CT molecular complexity index is 825. The molecule has 0 saturated carbocycles. The van der Waals surface area contributed by atoms with E-state index in [1.807, 2.05) is 48.5 Å². The molecule has 6 N–H and O–H groups in total. The fraction of sp³-hybridized carbons (Fsp3) is 0.100. The predicted octanol–water partition coefficient (Wildman–Crippen LogP) is 3.61. The maximum absolute atomic E-state index is 6.15. The first-order valence-electron chi connectivity index (χ1n) is 7.67. The molecule has 0 aliphatic carbocycles. The van der Waals surface area contributed by atoms with Crippen LogP contribution in [0.4, 0.5) is 17.1 Å². The summed E-state index contributed by atoms with van der Waals surface area (Å²) in [6, 6.07) is 22.0. The largest absolute Gasteiger partial charge is 0.398 e. The van der Waals surface area contributed by atoms with Gasteiger partial charge >= 0.3 is 0 Å². The molecule has 0 aliphatic rings. The van der Waals surface area contributed by atoms with E-state index in [1.165, 1.54) is 5.56 Å². The molecular formula is C20H21N3. The molecule has 3 aromatic rings. The van der Waals surface area contributed by atoms with Gasteiger partial charge in [0.1, 0.15) is 0 Å². The van der Waals surface area contributed by atoms with Crippen molar-refractivity contribution in [3.8, 4) is 0 Å². The first kappa shape index (κ1) is 15.0. The van der Waals surface area contributed by atoms with E-state index < -0.39 is 0 Å². The average molecular weight is 303 g/mol. The Morgan fingerprint density at radius 3 is 1.65 bits per heavy atom. The number of rotatable bonds is 4. The zero-order valence-corrected chi connectivity index (χ0v) is 13.0. The van der Waals surface area contributed by atoms with Crippen LogP contribution in [0.25, 0.3) is 0 Å². The van der Waals surface area contributed by atoms with Crippen LogP contribution in [0.15, 0.2) is 66.7 Å². The van der Waals surface area contributed by atoms with Gasteiger partial charge in [-0.05, 0) is 46.9 Å². The maximum atomic E-state index is 6.15. The van der Waals surface area contributed by atoms with E-state index >= 15 is 0 Å². The number of anilines is 3. The molecule has 3 nitrogen and oxygen atoms in total. The zero-order chi connectivity index (χ0) is 16.2. The summed E-state index contributed by atoms with van der Waals surface area (Å²) in [5, 5.41) is 0. The Hall–Kier alpha value is -2.94. The lowest BCUT2D eigenvalue weighted by atomic mass is 9.97. The van der Waals surface area contributed by atoms with Crippen molar-refractivity contribution >= 4 is 17.1 Å². The van der Waals surface area contributed by atoms with Crippen LogP contribution in [0, 0.1) is 0 Å². The van der Waals surface area contributed by atoms with Gasteiger partial charge in [0.05, 0.1) is 0 Å². The van der Waals surface area contributed by atoms with Gasteiger partial charge < -0.3 is 17.2 Å². The third-order valence-corrected chi connectivity index (χ3v) is 4.09. The van der Waals surface area contributed by atoms with Gasteiger partial charge in [0.15, 0.2) is 0 Å². The van der Waals surface area contributed by atoms with E-state index in [2.05, 4.69) is 18.2 Å². The fourth-order valence-corrected chi connectivity index (χ4v) is 2.74. The molecule has 23 heavy (non-hydrogen) atoms. The number of hydrogen-bond donors (Lipinski definition) is 3. The van der Waals surface area contributed by atoms with Gasteiger partial charge in [-0.25, -0.2) is 0 Å². The quantitative estimate of drug-likeness (QED) is 0.644. The minimum atomic E-state index is 0.733. The Labute approximate surface area is 136 Å². The molecule has 0 saturated heterocycles. The minimum absolute atomic E-state index is 0.733. The van der Waals surface area contributed by atoms with E-state index in [1.54, 1.807) is 0 Å². The second-order valence-electron chi connectivity index (χ2n) is 5.78. The standard InChI is InChI=1S/C20H21N3/c21-18-7-3-1-5-15(18)11-14-9-10-20(23)17(12-14)13-16-6-2-4-8-19(16)22/h1-10,12H,11,13,21-23H2. The van der Waals surface area contributed by atoms with Crippen molar-refractivity contribution in [2.24, 2.45) is 0 Å². The highest BCUT2D eigenvalue weighted by atomic mass is 14.6. The summed E-state index contributed by atoms with van der Waals surface area (Å²) in [7, 11) is 0. The van der Waals surface area contributed by atoms with Crippen LogP contribution >= 0.6 is 0 Å². The van der Waals surface area contributed by atoms with Gasteiger partial charge in [-0.3, -0.25) is 0 Å². The molecule has 0 unspecified atom stereocenters. The third-order valence-electron chi connectivity index (χ3n) is 4.09. The zero-order valence-electron chi connectivity index (χ0n) is 13.0. The second-order valence-corrected chi connectivity index (χ2v) is 5.78. The molecule has 0 aromatic heterocycles. The molecule has 0 spiro atoms. The monoisotopic (exact) mass is 303 g/mol. The Morgan fingerprint density at radius 2 is 1.04 bits per heavy atom. The SMILES string of the molecule is Nc1ccccc1Cc1ccc(N)c(Cc2ccccc2N)c1. The fourth-order valence-electron chi connectivity index (χ4n) is 2.74. The molecule has 116 valence electrons. The Kier molecular flexibility index (Phi) is 4.20. The Morgan fingerprint density at radius 1 is 0.522 bits per heavy atom. The first-order valence-corrected chi connectivity index (χ1v) is 7.67. The van der Waals surface area contributed by atoms with Crippen molar-refractivity contribution in [1.82, 2.24) is 0 Å². The van der Waals surface area contributed by atoms with E-state index in [0.717, 1.165) is 46.6 Å². The van der Waals surface area contributed by atoms with Gasteiger partial charge in [0.25, 0.3) is 0 Å². The molecule has 0 heterocycles. The molecule has 0 fully saturated rings. The molecule has 3 heteroatoms. The number of nitrogen functional groups attached to an aromatic ring is 3. The van der Waals surface area contributed by atoms with Crippen molar-refractivity contribution < 1.29 is 0 Å². The summed E-state index contributed by atoms with van der Waals surface area (Å²) in [6.45, 7) is 0. The predicted molar refractivity (Wildman–Crippen MR) is 98.2 cm³/mol. The molecular weight excluding hydrogens is 282 g/mol. The van der Waals surface area contributed by atoms with Crippen molar-refractivity contribution in [1.29, 1.82) is 0 Å². The summed E-state index contributed by atoms with van der Waals surface area (Å²) < 4.78 is 0. The second kappa shape index (κ2) is 6.44. The summed E-state index contributed by atoms with van der Waals surface area (Å²) in [6.07, 6.45) is 1.53. The molecule has 3 rings (SSSR count). The number of para-hydroxylation sites is 2. The van der Waals surface area contributed by atoms with Gasteiger partial charge in [-0.15, -0.1) is 0 Å². The lowest BCUT2D eigenvalue weighted by molar-refractivity contribution is 1.15. The van der Waals surface area contributed by atoms with Crippen molar-refractivity contribution in [2.45, 2.75) is 12.8 Å². The average Bonchev–Trinajstić information content (AvgIpc) is 2.55. The molecule has 0 radical (unpaired) electrons. The number of benzene rings is 3. The molecule has 0 bridgehead atoms. The molecule has 0 aliphatic heterocycles. The topological polar surface area (TPSA) is 78.1 Å². The lowest BCUT2D eigenvalue weighted by Gasteiger charge is -2.11. The first-order chi connectivity index (χ1) is 11.1. The van der Waals surface area contributed by atoms with E-state index in [0.29, 0.717) is 0 Å². The van der Waals surface area contributed by atoms with Crippen LogP contribution in [0.3, 0.4) is 0 Å². The van der Waals surface area contributed by atoms with Gasteiger partial charge in [-0.2, -0.15) is 0 Å². The number of nitrogens with two attached hydrogens (primary N) is 3. The van der Waals surface area contributed by atoms with Crippen LogP contribution in [0.1, 0.15) is 22.3 Å². The Balaban J connectivity index is 1.88. The normalized spacial score (nSPS) is 10.6. The summed E-state index contributed by atoms with van der Waals surface area (Å²) in [5.74, 6) is 0. The van der Waals surface area contributed by atoms with Gasteiger partial charge in [-0.1, -0.05) is 48.5 Å². The summed E-state index contributed by atoms with van der Waals surface area (Å²) >= 11 is 0. The van der Waals surface area contributed by atoms with Crippen LogP contribution in [-0.2, 0) is 12.8 Å². The summed E-state index contributed by atoms with van der Waals surface area (Å²) in [4.78, 5) is 0. The third kappa shape index (κ3) is 3.46. The molecule has 3 aromatic carbocycles. The highest BCUT2D eigenvalue weighted by Gasteiger charge is 2.07. The van der Waals surface area contributed by atoms with Crippen molar-refractivity contribution in [2.75, 3.05) is 17.2 Å². The van der Waals surface area contributed by atoms with E-state index in [-0.39, 0.29) is 0 Å². The summed E-state index contributed by atoms with van der Waals surface area (Å²) in [5.41, 5.74) is 25.1. The van der Waals surface area contributed by atoms with Crippen LogP contribution in [0.2, 0.25) is 0 Å². The van der Waals surface area contributed by atoms with E-state index in [4.69, 9.17) is 17.2 Å². The lowest BCUT2D eigenvalue weighted by Crippen LogP contribution is -2.01. The van der Waals surface area contributed by atoms with Crippen molar-refractivity contribution in [3.05, 3.63) is 89.0 Å². The van der Waals surface area contributed by atoms with Gasteiger partial charge in [0.2, 0.25) is 0 Å². The number of hydrogen-bond acceptors (Lipinski definition) is 3. The van der Waals surface area contributed by atoms with Gasteiger partial charge in [0, 0.05) is 23.5 Å². The maximum Gasteiger partial charge on any atom is 0.0350 e. The molecule has 0 atom stereocenters.